The fraction of sp³-hybridized carbons (Fsp3) is 0.833. The van der Waals surface area contributed by atoms with Gasteiger partial charge in [-0.25, -0.2) is 0 Å². The van der Waals surface area contributed by atoms with Crippen molar-refractivity contribution in [2.75, 3.05) is 0 Å². The summed E-state index contributed by atoms with van der Waals surface area (Å²) >= 11 is 0. The molecule has 3 heteroatoms. The first-order chi connectivity index (χ1) is 9.93. The fourth-order valence-electron chi connectivity index (χ4n) is 5.47. The van der Waals surface area contributed by atoms with Gasteiger partial charge in [0, 0.05) is 30.6 Å². The molecule has 3 nitrogen and oxygen atoms in total. The van der Waals surface area contributed by atoms with E-state index in [1.165, 1.54) is 0 Å². The Morgan fingerprint density at radius 2 is 1.90 bits per heavy atom. The molecule has 0 aromatic heterocycles. The minimum absolute atomic E-state index is 0.0768. The molecule has 5 atom stereocenters. The molecule has 0 aromatic carbocycles. The molecule has 3 aliphatic carbocycles. The molecule has 0 saturated heterocycles. The van der Waals surface area contributed by atoms with Crippen LogP contribution >= 0.6 is 0 Å². The van der Waals surface area contributed by atoms with Crippen molar-refractivity contribution in [1.29, 1.82) is 0 Å². The number of Topliss-reactive ketones (excluding diaryl/α,β-unsaturated/α-hetero) is 3. The summed E-state index contributed by atoms with van der Waals surface area (Å²) in [5.74, 6) is 2.51. The predicted molar refractivity (Wildman–Crippen MR) is 79.7 cm³/mol. The molecule has 0 aromatic rings. The van der Waals surface area contributed by atoms with Crippen molar-refractivity contribution in [2.45, 2.75) is 65.2 Å². The van der Waals surface area contributed by atoms with E-state index in [4.69, 9.17) is 0 Å². The zero-order valence-corrected chi connectivity index (χ0v) is 13.2. The van der Waals surface area contributed by atoms with Crippen LogP contribution in [0.2, 0.25) is 0 Å². The van der Waals surface area contributed by atoms with Crippen molar-refractivity contribution < 1.29 is 14.4 Å². The second kappa shape index (κ2) is 5.33. The smallest absolute Gasteiger partial charge is 0.139 e. The highest BCUT2D eigenvalue weighted by molar-refractivity contribution is 5.88. The van der Waals surface area contributed by atoms with Crippen molar-refractivity contribution in [2.24, 2.45) is 29.1 Å². The van der Waals surface area contributed by atoms with Gasteiger partial charge >= 0.3 is 0 Å². The van der Waals surface area contributed by atoms with E-state index < -0.39 is 0 Å². The Balaban J connectivity index is 1.80. The average Bonchev–Trinajstić information content (AvgIpc) is 2.74. The third kappa shape index (κ3) is 2.39. The molecule has 3 saturated carbocycles. The maximum absolute atomic E-state index is 12.3. The van der Waals surface area contributed by atoms with Gasteiger partial charge in [-0.3, -0.25) is 9.59 Å². The molecular weight excluding hydrogens is 264 g/mol. The minimum Gasteiger partial charge on any atom is -0.300 e. The van der Waals surface area contributed by atoms with Crippen molar-refractivity contribution in [1.82, 2.24) is 0 Å². The molecule has 0 radical (unpaired) electrons. The largest absolute Gasteiger partial charge is 0.300 e. The van der Waals surface area contributed by atoms with Gasteiger partial charge in [0.1, 0.15) is 17.3 Å². The second-order valence-electron chi connectivity index (χ2n) is 7.70. The first-order valence-electron chi connectivity index (χ1n) is 8.49. The van der Waals surface area contributed by atoms with Crippen LogP contribution in [0.15, 0.2) is 0 Å². The summed E-state index contributed by atoms with van der Waals surface area (Å²) in [4.78, 5) is 35.8. The van der Waals surface area contributed by atoms with Crippen LogP contribution in [0.3, 0.4) is 0 Å². The maximum atomic E-state index is 12.3. The number of carbonyl (C=O) groups excluding carboxylic acids is 3. The number of ketones is 3. The van der Waals surface area contributed by atoms with E-state index in [1.54, 1.807) is 6.92 Å². The van der Waals surface area contributed by atoms with Crippen LogP contribution in [0.5, 0.6) is 0 Å². The van der Waals surface area contributed by atoms with Gasteiger partial charge < -0.3 is 4.79 Å². The molecule has 3 aliphatic rings. The van der Waals surface area contributed by atoms with Crippen LogP contribution in [0.25, 0.3) is 0 Å². The summed E-state index contributed by atoms with van der Waals surface area (Å²) in [6.45, 7) is 3.77. The lowest BCUT2D eigenvalue weighted by atomic mass is 9.53. The number of rotatable bonds is 3. The van der Waals surface area contributed by atoms with Gasteiger partial charge in [-0.15, -0.1) is 0 Å². The molecule has 116 valence electrons. The van der Waals surface area contributed by atoms with Gasteiger partial charge in [0.15, 0.2) is 0 Å². The van der Waals surface area contributed by atoms with E-state index in [0.717, 1.165) is 38.5 Å². The predicted octanol–water partition coefficient (Wildman–Crippen LogP) is 3.35. The van der Waals surface area contributed by atoms with Crippen molar-refractivity contribution in [3.63, 3.8) is 0 Å². The highest BCUT2D eigenvalue weighted by Gasteiger charge is 2.56. The van der Waals surface area contributed by atoms with Crippen LogP contribution < -0.4 is 0 Å². The molecule has 0 amide bonds. The van der Waals surface area contributed by atoms with Crippen LogP contribution in [0, 0.1) is 29.1 Å². The van der Waals surface area contributed by atoms with Crippen molar-refractivity contribution >= 4 is 17.3 Å². The molecule has 0 N–H and O–H groups in total. The number of hydrogen-bond donors (Lipinski definition) is 0. The second-order valence-corrected chi connectivity index (χ2v) is 7.70. The summed E-state index contributed by atoms with van der Waals surface area (Å²) in [5.41, 5.74) is -0.118. The Morgan fingerprint density at radius 1 is 1.14 bits per heavy atom. The summed E-state index contributed by atoms with van der Waals surface area (Å²) in [7, 11) is 0. The van der Waals surface area contributed by atoms with Gasteiger partial charge in [0.05, 0.1) is 0 Å². The van der Waals surface area contributed by atoms with E-state index in [-0.39, 0.29) is 17.1 Å². The Kier molecular flexibility index (Phi) is 3.79. The fourth-order valence-corrected chi connectivity index (χ4v) is 5.47. The topological polar surface area (TPSA) is 51.2 Å². The SMILES string of the molecule is CC(=O)CC[C@H]1C(=O)CC[C@@H]2[C@@H]1CC[C@]1(C)C(=O)CC[C@@H]21. The molecule has 0 heterocycles. The molecule has 0 unspecified atom stereocenters. The number of carbonyl (C=O) groups is 3. The standard InChI is InChI=1S/C18H26O3/c1-11(19)3-4-14-12-9-10-18(2)15(6-8-17(18)21)13(12)5-7-16(14)20/h12-15H,3-10H2,1-2H3/t12-,13+,14+,15-,18-/m0/s1. The quantitative estimate of drug-likeness (QED) is 0.801. The lowest BCUT2D eigenvalue weighted by Gasteiger charge is -2.50. The minimum atomic E-state index is -0.118. The number of hydrogen-bond acceptors (Lipinski definition) is 3. The summed E-state index contributed by atoms with van der Waals surface area (Å²) < 4.78 is 0. The van der Waals surface area contributed by atoms with Gasteiger partial charge in [0.25, 0.3) is 0 Å². The first-order valence-corrected chi connectivity index (χ1v) is 8.49. The van der Waals surface area contributed by atoms with Crippen LogP contribution in [0.1, 0.15) is 65.2 Å². The molecule has 0 spiro atoms. The van der Waals surface area contributed by atoms with Gasteiger partial charge in [-0.2, -0.15) is 0 Å². The Bertz CT molecular complexity index is 481. The summed E-state index contributed by atoms with van der Waals surface area (Å²) in [5, 5.41) is 0. The first kappa shape index (κ1) is 14.9. The Labute approximate surface area is 126 Å². The zero-order chi connectivity index (χ0) is 15.2. The third-order valence-electron chi connectivity index (χ3n) is 6.66. The van der Waals surface area contributed by atoms with E-state index in [9.17, 15) is 14.4 Å². The van der Waals surface area contributed by atoms with E-state index in [1.807, 2.05) is 0 Å². The zero-order valence-electron chi connectivity index (χ0n) is 13.2. The Hall–Kier alpha value is -0.990. The summed E-state index contributed by atoms with van der Waals surface area (Å²) in [6.07, 6.45) is 6.57. The average molecular weight is 290 g/mol. The van der Waals surface area contributed by atoms with Crippen molar-refractivity contribution in [3.8, 4) is 0 Å². The van der Waals surface area contributed by atoms with Gasteiger partial charge in [-0.1, -0.05) is 6.92 Å². The van der Waals surface area contributed by atoms with E-state index in [0.29, 0.717) is 42.2 Å². The van der Waals surface area contributed by atoms with E-state index >= 15 is 0 Å². The molecular formula is C18H26O3. The maximum Gasteiger partial charge on any atom is 0.139 e. The van der Waals surface area contributed by atoms with Crippen molar-refractivity contribution in [3.05, 3.63) is 0 Å². The van der Waals surface area contributed by atoms with Gasteiger partial charge in [-0.05, 0) is 56.8 Å². The van der Waals surface area contributed by atoms with Gasteiger partial charge in [0.2, 0.25) is 0 Å². The summed E-state index contributed by atoms with van der Waals surface area (Å²) in [6, 6.07) is 0. The molecule has 21 heavy (non-hydrogen) atoms. The van der Waals surface area contributed by atoms with E-state index in [2.05, 4.69) is 6.92 Å². The highest BCUT2D eigenvalue weighted by atomic mass is 16.1. The lowest BCUT2D eigenvalue weighted by molar-refractivity contribution is -0.138. The number of fused-ring (bicyclic) bond motifs is 3. The van der Waals surface area contributed by atoms with Crippen LogP contribution in [0.4, 0.5) is 0 Å². The highest BCUT2D eigenvalue weighted by Crippen LogP contribution is 2.58. The Morgan fingerprint density at radius 3 is 2.62 bits per heavy atom. The normalized spacial score (nSPS) is 42.6. The molecule has 3 rings (SSSR count). The molecule has 0 bridgehead atoms. The van der Waals surface area contributed by atoms with Crippen LogP contribution in [-0.4, -0.2) is 17.3 Å². The molecule has 0 aliphatic heterocycles. The molecule has 3 fully saturated rings. The monoisotopic (exact) mass is 290 g/mol. The van der Waals surface area contributed by atoms with Crippen LogP contribution in [-0.2, 0) is 14.4 Å². The third-order valence-corrected chi connectivity index (χ3v) is 6.66. The lowest BCUT2D eigenvalue weighted by Crippen LogP contribution is -2.47.